The van der Waals surface area contributed by atoms with Crippen LogP contribution in [0.5, 0.6) is 0 Å². The SMILES string of the molecule is COCc1cc([N+](=O)[O-])c(Cl)c([N+](=O)[O-])c1C. The van der Waals surface area contributed by atoms with Gasteiger partial charge in [-0.25, -0.2) is 0 Å². The number of nitro benzene ring substituents is 2. The number of nitrogens with zero attached hydrogens (tertiary/aromatic N) is 2. The van der Waals surface area contributed by atoms with Crippen LogP contribution in [-0.2, 0) is 11.3 Å². The molecule has 0 radical (unpaired) electrons. The molecule has 7 nitrogen and oxygen atoms in total. The highest BCUT2D eigenvalue weighted by atomic mass is 35.5. The molecule has 0 aliphatic rings. The van der Waals surface area contributed by atoms with Gasteiger partial charge in [-0.05, 0) is 12.5 Å². The maximum Gasteiger partial charge on any atom is 0.298 e. The molecule has 0 spiro atoms. The van der Waals surface area contributed by atoms with Crippen LogP contribution in [0, 0.1) is 27.2 Å². The van der Waals surface area contributed by atoms with Gasteiger partial charge < -0.3 is 4.74 Å². The van der Waals surface area contributed by atoms with Crippen LogP contribution in [-0.4, -0.2) is 17.0 Å². The lowest BCUT2D eigenvalue weighted by Crippen LogP contribution is -2.02. The van der Waals surface area contributed by atoms with Crippen LogP contribution in [0.4, 0.5) is 11.4 Å². The summed E-state index contributed by atoms with van der Waals surface area (Å²) in [5, 5.41) is 21.1. The fraction of sp³-hybridized carbons (Fsp3) is 0.333. The summed E-state index contributed by atoms with van der Waals surface area (Å²) in [6, 6.07) is 1.19. The summed E-state index contributed by atoms with van der Waals surface area (Å²) in [5.41, 5.74) is -0.299. The maximum absolute atomic E-state index is 10.8. The highest BCUT2D eigenvalue weighted by Gasteiger charge is 2.28. The first-order valence-corrected chi connectivity index (χ1v) is 4.87. The van der Waals surface area contributed by atoms with E-state index in [1.54, 1.807) is 0 Å². The Bertz CT molecular complexity index is 489. The molecule has 0 saturated carbocycles. The normalized spacial score (nSPS) is 10.3. The summed E-state index contributed by atoms with van der Waals surface area (Å²) in [6.45, 7) is 1.52. The first-order chi connectivity index (χ1) is 7.90. The van der Waals surface area contributed by atoms with Crippen LogP contribution in [0.2, 0.25) is 5.02 Å². The van der Waals surface area contributed by atoms with Crippen molar-refractivity contribution in [3.63, 3.8) is 0 Å². The van der Waals surface area contributed by atoms with Crippen LogP contribution >= 0.6 is 11.6 Å². The lowest BCUT2D eigenvalue weighted by atomic mass is 10.1. The topological polar surface area (TPSA) is 95.5 Å². The van der Waals surface area contributed by atoms with E-state index in [4.69, 9.17) is 16.3 Å². The van der Waals surface area contributed by atoms with Gasteiger partial charge >= 0.3 is 0 Å². The molecule has 0 N–H and O–H groups in total. The van der Waals surface area contributed by atoms with Gasteiger partial charge in [0, 0.05) is 18.7 Å². The van der Waals surface area contributed by atoms with Crippen LogP contribution in [0.15, 0.2) is 6.07 Å². The van der Waals surface area contributed by atoms with Gasteiger partial charge in [0.05, 0.1) is 16.5 Å². The number of hydrogen-bond acceptors (Lipinski definition) is 5. The minimum absolute atomic E-state index is 0.0463. The number of hydrogen-bond donors (Lipinski definition) is 0. The third kappa shape index (κ3) is 2.51. The Hall–Kier alpha value is -1.73. The Morgan fingerprint density at radius 3 is 2.35 bits per heavy atom. The molecule has 1 aromatic carbocycles. The minimum Gasteiger partial charge on any atom is -0.380 e. The first-order valence-electron chi connectivity index (χ1n) is 4.49. The van der Waals surface area contributed by atoms with Crippen LogP contribution in [0.3, 0.4) is 0 Å². The van der Waals surface area contributed by atoms with E-state index in [1.165, 1.54) is 20.1 Å². The number of ether oxygens (including phenoxy) is 1. The van der Waals surface area contributed by atoms with Gasteiger partial charge in [0.15, 0.2) is 5.02 Å². The zero-order chi connectivity index (χ0) is 13.2. The van der Waals surface area contributed by atoms with Crippen molar-refractivity contribution in [2.24, 2.45) is 0 Å². The van der Waals surface area contributed by atoms with E-state index in [0.29, 0.717) is 5.56 Å². The summed E-state index contributed by atoms with van der Waals surface area (Å²) in [5.74, 6) is 0. The lowest BCUT2D eigenvalue weighted by Gasteiger charge is -2.07. The van der Waals surface area contributed by atoms with Gasteiger partial charge in [0.2, 0.25) is 0 Å². The summed E-state index contributed by atoms with van der Waals surface area (Å²) in [6.07, 6.45) is 0. The maximum atomic E-state index is 10.8. The van der Waals surface area contributed by atoms with Gasteiger partial charge in [0.25, 0.3) is 11.4 Å². The molecule has 0 amide bonds. The van der Waals surface area contributed by atoms with Crippen molar-refractivity contribution in [1.82, 2.24) is 0 Å². The molecule has 0 unspecified atom stereocenters. The summed E-state index contributed by atoms with van der Waals surface area (Å²) in [4.78, 5) is 20.1. The second-order valence-corrected chi connectivity index (χ2v) is 3.67. The predicted molar refractivity (Wildman–Crippen MR) is 60.2 cm³/mol. The highest BCUT2D eigenvalue weighted by molar-refractivity contribution is 6.35. The molecule has 8 heteroatoms. The number of benzene rings is 1. The Morgan fingerprint density at radius 2 is 1.94 bits per heavy atom. The van der Waals surface area contributed by atoms with Crippen molar-refractivity contribution in [3.8, 4) is 0 Å². The van der Waals surface area contributed by atoms with Gasteiger partial charge in [-0.3, -0.25) is 20.2 Å². The van der Waals surface area contributed by atoms with Crippen molar-refractivity contribution in [3.05, 3.63) is 42.4 Å². The van der Waals surface area contributed by atoms with Crippen molar-refractivity contribution < 1.29 is 14.6 Å². The lowest BCUT2D eigenvalue weighted by molar-refractivity contribution is -0.394. The van der Waals surface area contributed by atoms with E-state index in [2.05, 4.69) is 0 Å². The van der Waals surface area contributed by atoms with Crippen LogP contribution < -0.4 is 0 Å². The molecular formula is C9H9ClN2O5. The van der Waals surface area contributed by atoms with E-state index in [-0.39, 0.29) is 12.2 Å². The Labute approximate surface area is 101 Å². The van der Waals surface area contributed by atoms with Gasteiger partial charge in [-0.1, -0.05) is 11.6 Å². The molecule has 0 fully saturated rings. The monoisotopic (exact) mass is 260 g/mol. The van der Waals surface area contributed by atoms with E-state index < -0.39 is 26.2 Å². The molecule has 1 rings (SSSR count). The molecule has 0 aliphatic carbocycles. The van der Waals surface area contributed by atoms with E-state index in [1.807, 2.05) is 0 Å². The van der Waals surface area contributed by atoms with Crippen LogP contribution in [0.25, 0.3) is 0 Å². The minimum atomic E-state index is -0.756. The average molecular weight is 261 g/mol. The molecule has 0 saturated heterocycles. The van der Waals surface area contributed by atoms with Crippen molar-refractivity contribution in [2.75, 3.05) is 7.11 Å². The number of methoxy groups -OCH3 is 1. The molecular weight excluding hydrogens is 252 g/mol. The zero-order valence-corrected chi connectivity index (χ0v) is 9.85. The van der Waals surface area contributed by atoms with E-state index in [0.717, 1.165) is 0 Å². The summed E-state index contributed by atoms with van der Waals surface area (Å²) in [7, 11) is 1.39. The second kappa shape index (κ2) is 5.07. The average Bonchev–Trinajstić information content (AvgIpc) is 2.21. The summed E-state index contributed by atoms with van der Waals surface area (Å²) < 4.78 is 4.83. The Morgan fingerprint density at radius 1 is 1.35 bits per heavy atom. The standard InChI is InChI=1S/C9H9ClN2O5/c1-5-6(4-17-2)3-7(11(13)14)8(10)9(5)12(15)16/h3H,4H2,1-2H3. The predicted octanol–water partition coefficient (Wildman–Crippen LogP) is 2.61. The highest BCUT2D eigenvalue weighted by Crippen LogP contribution is 2.38. The number of rotatable bonds is 4. The van der Waals surface area contributed by atoms with Gasteiger partial charge in [-0.2, -0.15) is 0 Å². The van der Waals surface area contributed by atoms with Gasteiger partial charge in [-0.15, -0.1) is 0 Å². The van der Waals surface area contributed by atoms with E-state index >= 15 is 0 Å². The van der Waals surface area contributed by atoms with Crippen molar-refractivity contribution in [2.45, 2.75) is 13.5 Å². The van der Waals surface area contributed by atoms with Crippen molar-refractivity contribution in [1.29, 1.82) is 0 Å². The molecule has 17 heavy (non-hydrogen) atoms. The smallest absolute Gasteiger partial charge is 0.298 e. The molecule has 92 valence electrons. The second-order valence-electron chi connectivity index (χ2n) is 3.29. The molecule has 0 aliphatic heterocycles. The van der Waals surface area contributed by atoms with Crippen molar-refractivity contribution >= 4 is 23.0 Å². The fourth-order valence-corrected chi connectivity index (χ4v) is 1.76. The Balaban J connectivity index is 3.57. The zero-order valence-electron chi connectivity index (χ0n) is 9.10. The molecule has 0 aromatic heterocycles. The number of nitro groups is 2. The number of halogens is 1. The molecule has 0 heterocycles. The molecule has 0 atom stereocenters. The summed E-state index contributed by atoms with van der Waals surface area (Å²) >= 11 is 5.65. The van der Waals surface area contributed by atoms with Crippen LogP contribution in [0.1, 0.15) is 11.1 Å². The quantitative estimate of drug-likeness (QED) is 0.612. The largest absolute Gasteiger partial charge is 0.380 e. The fourth-order valence-electron chi connectivity index (χ4n) is 1.43. The van der Waals surface area contributed by atoms with E-state index in [9.17, 15) is 20.2 Å². The third-order valence-corrected chi connectivity index (χ3v) is 2.63. The third-order valence-electron chi connectivity index (χ3n) is 2.26. The first kappa shape index (κ1) is 13.3. The molecule has 0 bridgehead atoms. The molecule has 1 aromatic rings. The Kier molecular flexibility index (Phi) is 3.97. The van der Waals surface area contributed by atoms with Gasteiger partial charge in [0.1, 0.15) is 0 Å².